The quantitative estimate of drug-likeness (QED) is 0.373. The molecular weight excluding hydrogens is 210 g/mol. The van der Waals surface area contributed by atoms with Crippen LogP contribution in [0.3, 0.4) is 0 Å². The van der Waals surface area contributed by atoms with Gasteiger partial charge in [0.1, 0.15) is 0 Å². The molecule has 0 fully saturated rings. The number of carboxylic acid groups (broad SMARTS) is 1. The smallest absolute Gasteiger partial charge is 0.337 e. The van der Waals surface area contributed by atoms with Gasteiger partial charge in [-0.2, -0.15) is 0 Å². The topological polar surface area (TPSA) is 89.6 Å². The molecule has 0 saturated heterocycles. The summed E-state index contributed by atoms with van der Waals surface area (Å²) in [6.07, 6.45) is 3.09. The van der Waals surface area contributed by atoms with Gasteiger partial charge in [0.05, 0.1) is 6.61 Å². The lowest BCUT2D eigenvalue weighted by Crippen LogP contribution is -2.55. The van der Waals surface area contributed by atoms with Crippen LogP contribution in [-0.4, -0.2) is 29.2 Å². The summed E-state index contributed by atoms with van der Waals surface area (Å²) in [6.45, 7) is 4.09. The molecular formula is C11H21NO4. The number of carbonyl (C=O) groups excluding carboxylic acids is 1. The average molecular weight is 231 g/mol. The molecule has 0 aliphatic carbocycles. The maximum absolute atomic E-state index is 11.6. The van der Waals surface area contributed by atoms with E-state index in [1.165, 1.54) is 0 Å². The molecule has 16 heavy (non-hydrogen) atoms. The summed E-state index contributed by atoms with van der Waals surface area (Å²) in [4.78, 5) is 22.5. The second-order valence-corrected chi connectivity index (χ2v) is 3.87. The SMILES string of the molecule is CCCCOC(=O)C(N)(CCCC)C(=O)O. The molecule has 94 valence electrons. The molecule has 0 aliphatic rings. The van der Waals surface area contributed by atoms with Crippen molar-refractivity contribution in [2.45, 2.75) is 51.5 Å². The normalized spacial score (nSPS) is 14.2. The third kappa shape index (κ3) is 4.18. The minimum atomic E-state index is -1.89. The van der Waals surface area contributed by atoms with E-state index in [9.17, 15) is 9.59 Å². The van der Waals surface area contributed by atoms with E-state index in [0.717, 1.165) is 19.3 Å². The second-order valence-electron chi connectivity index (χ2n) is 3.87. The van der Waals surface area contributed by atoms with Crippen molar-refractivity contribution in [1.29, 1.82) is 0 Å². The van der Waals surface area contributed by atoms with Crippen LogP contribution in [0.1, 0.15) is 46.0 Å². The Morgan fingerprint density at radius 1 is 1.25 bits per heavy atom. The van der Waals surface area contributed by atoms with Crippen LogP contribution >= 0.6 is 0 Å². The highest BCUT2D eigenvalue weighted by Gasteiger charge is 2.43. The van der Waals surface area contributed by atoms with E-state index in [2.05, 4.69) is 0 Å². The van der Waals surface area contributed by atoms with Crippen molar-refractivity contribution in [3.8, 4) is 0 Å². The molecule has 3 N–H and O–H groups in total. The number of carbonyl (C=O) groups is 2. The maximum Gasteiger partial charge on any atom is 0.337 e. The van der Waals surface area contributed by atoms with Crippen LogP contribution in [0.5, 0.6) is 0 Å². The maximum atomic E-state index is 11.6. The zero-order valence-corrected chi connectivity index (χ0v) is 9.99. The molecule has 0 saturated carbocycles. The monoisotopic (exact) mass is 231 g/mol. The third-order valence-corrected chi connectivity index (χ3v) is 2.40. The Kier molecular flexibility index (Phi) is 6.72. The van der Waals surface area contributed by atoms with Crippen molar-refractivity contribution in [1.82, 2.24) is 0 Å². The fraction of sp³-hybridized carbons (Fsp3) is 0.818. The first-order valence-corrected chi connectivity index (χ1v) is 5.68. The van der Waals surface area contributed by atoms with Crippen LogP contribution in [0.15, 0.2) is 0 Å². The lowest BCUT2D eigenvalue weighted by atomic mass is 9.94. The number of hydrogen-bond donors (Lipinski definition) is 2. The van der Waals surface area contributed by atoms with Crippen molar-refractivity contribution in [3.05, 3.63) is 0 Å². The highest BCUT2D eigenvalue weighted by Crippen LogP contribution is 2.14. The molecule has 0 heterocycles. The molecule has 0 amide bonds. The van der Waals surface area contributed by atoms with Crippen LogP contribution in [0.25, 0.3) is 0 Å². The minimum Gasteiger partial charge on any atom is -0.479 e. The summed E-state index contributed by atoms with van der Waals surface area (Å²) in [5, 5.41) is 8.96. The molecule has 5 nitrogen and oxygen atoms in total. The molecule has 0 spiro atoms. The molecule has 0 bridgehead atoms. The second kappa shape index (κ2) is 7.22. The number of ether oxygens (including phenoxy) is 1. The van der Waals surface area contributed by atoms with Gasteiger partial charge in [-0.25, -0.2) is 9.59 Å². The predicted molar refractivity (Wildman–Crippen MR) is 59.9 cm³/mol. The number of hydrogen-bond acceptors (Lipinski definition) is 4. The van der Waals surface area contributed by atoms with E-state index in [1.807, 2.05) is 13.8 Å². The average Bonchev–Trinajstić information content (AvgIpc) is 2.25. The van der Waals surface area contributed by atoms with Gasteiger partial charge in [0, 0.05) is 0 Å². The van der Waals surface area contributed by atoms with Crippen LogP contribution in [0.4, 0.5) is 0 Å². The van der Waals surface area contributed by atoms with Gasteiger partial charge >= 0.3 is 11.9 Å². The van der Waals surface area contributed by atoms with E-state index >= 15 is 0 Å². The summed E-state index contributed by atoms with van der Waals surface area (Å²) in [7, 11) is 0. The van der Waals surface area contributed by atoms with Crippen molar-refractivity contribution < 1.29 is 19.4 Å². The molecule has 5 heteroatoms. The summed E-state index contributed by atoms with van der Waals surface area (Å²) in [5.74, 6) is -2.15. The zero-order chi connectivity index (χ0) is 12.6. The third-order valence-electron chi connectivity index (χ3n) is 2.40. The molecule has 0 aromatic rings. The van der Waals surface area contributed by atoms with E-state index in [1.54, 1.807) is 0 Å². The van der Waals surface area contributed by atoms with Gasteiger partial charge in [0.25, 0.3) is 0 Å². The van der Waals surface area contributed by atoms with E-state index in [-0.39, 0.29) is 13.0 Å². The van der Waals surface area contributed by atoms with Crippen LogP contribution in [-0.2, 0) is 14.3 Å². The van der Waals surface area contributed by atoms with Crippen molar-refractivity contribution in [3.63, 3.8) is 0 Å². The standard InChI is InChI=1S/C11H21NO4/c1-3-5-7-11(12,9(13)14)10(15)16-8-6-4-2/h3-8,12H2,1-2H3,(H,13,14). The summed E-state index contributed by atoms with van der Waals surface area (Å²) >= 11 is 0. The van der Waals surface area contributed by atoms with Gasteiger partial charge in [0.2, 0.25) is 5.54 Å². The summed E-state index contributed by atoms with van der Waals surface area (Å²) in [6, 6.07) is 0. The molecule has 1 unspecified atom stereocenters. The van der Waals surface area contributed by atoms with Gasteiger partial charge in [-0.1, -0.05) is 33.1 Å². The Hall–Kier alpha value is -1.10. The molecule has 0 rings (SSSR count). The number of unbranched alkanes of at least 4 members (excludes halogenated alkanes) is 2. The van der Waals surface area contributed by atoms with Gasteiger partial charge in [0.15, 0.2) is 0 Å². The number of nitrogens with two attached hydrogens (primary N) is 1. The van der Waals surface area contributed by atoms with E-state index in [4.69, 9.17) is 15.6 Å². The molecule has 0 aromatic heterocycles. The highest BCUT2D eigenvalue weighted by molar-refractivity contribution is 6.03. The Bertz CT molecular complexity index is 242. The van der Waals surface area contributed by atoms with Crippen LogP contribution < -0.4 is 5.73 Å². The zero-order valence-electron chi connectivity index (χ0n) is 9.99. The lowest BCUT2D eigenvalue weighted by molar-refractivity contribution is -0.161. The van der Waals surface area contributed by atoms with Gasteiger partial charge < -0.3 is 15.6 Å². The molecule has 1 atom stereocenters. The number of carboxylic acids is 1. The first kappa shape index (κ1) is 14.9. The first-order valence-electron chi connectivity index (χ1n) is 5.68. The first-order chi connectivity index (χ1) is 7.49. The molecule has 0 radical (unpaired) electrons. The van der Waals surface area contributed by atoms with Gasteiger partial charge in [-0.05, 0) is 12.8 Å². The van der Waals surface area contributed by atoms with Crippen LogP contribution in [0.2, 0.25) is 0 Å². The van der Waals surface area contributed by atoms with Crippen molar-refractivity contribution >= 4 is 11.9 Å². The highest BCUT2D eigenvalue weighted by atomic mass is 16.5. The van der Waals surface area contributed by atoms with Crippen molar-refractivity contribution in [2.75, 3.05) is 6.61 Å². The fourth-order valence-corrected chi connectivity index (χ4v) is 1.19. The molecule has 0 aliphatic heterocycles. The predicted octanol–water partition coefficient (Wildman–Crippen LogP) is 1.30. The summed E-state index contributed by atoms with van der Waals surface area (Å²) in [5.41, 5.74) is 3.69. The number of aliphatic carboxylic acids is 1. The Balaban J connectivity index is 4.39. The molecule has 0 aromatic carbocycles. The van der Waals surface area contributed by atoms with Gasteiger partial charge in [-0.3, -0.25) is 0 Å². The van der Waals surface area contributed by atoms with E-state index < -0.39 is 17.5 Å². The Morgan fingerprint density at radius 2 is 1.81 bits per heavy atom. The van der Waals surface area contributed by atoms with Crippen LogP contribution in [0, 0.1) is 0 Å². The number of rotatable bonds is 8. The lowest BCUT2D eigenvalue weighted by Gasteiger charge is -2.22. The minimum absolute atomic E-state index is 0.115. The largest absolute Gasteiger partial charge is 0.479 e. The fourth-order valence-electron chi connectivity index (χ4n) is 1.19. The van der Waals surface area contributed by atoms with Gasteiger partial charge in [-0.15, -0.1) is 0 Å². The Morgan fingerprint density at radius 3 is 2.25 bits per heavy atom. The van der Waals surface area contributed by atoms with Crippen molar-refractivity contribution in [2.24, 2.45) is 5.73 Å². The summed E-state index contributed by atoms with van der Waals surface area (Å²) < 4.78 is 4.86. The number of esters is 1. The Labute approximate surface area is 96.0 Å². The van der Waals surface area contributed by atoms with E-state index in [0.29, 0.717) is 6.42 Å².